The molecular weight excluding hydrogens is 247 g/mol. The maximum Gasteiger partial charge on any atom is 1.00 e. The predicted octanol–water partition coefficient (Wildman–Crippen LogP) is -1.37. The number of hydrogen-bond donors (Lipinski definition) is 0. The van der Waals surface area contributed by atoms with Gasteiger partial charge in [0, 0.05) is 32.7 Å². The van der Waals surface area contributed by atoms with Crippen LogP contribution in [0, 0.1) is 5.92 Å². The molecule has 1 heterocycles. The molecule has 2 fully saturated rings. The van der Waals surface area contributed by atoms with Crippen LogP contribution in [-0.4, -0.2) is 46.8 Å². The largest absolute Gasteiger partial charge is 1.00 e. The van der Waals surface area contributed by atoms with E-state index in [1.807, 2.05) is 0 Å². The Morgan fingerprint density at radius 3 is 2.19 bits per heavy atom. The summed E-state index contributed by atoms with van der Waals surface area (Å²) < 4.78 is 0.649. The zero-order valence-electron chi connectivity index (χ0n) is 10.2. The van der Waals surface area contributed by atoms with E-state index in [1.165, 1.54) is 32.2 Å². The van der Waals surface area contributed by atoms with E-state index in [9.17, 15) is 0 Å². The van der Waals surface area contributed by atoms with Crippen molar-refractivity contribution >= 4 is 29.2 Å². The summed E-state index contributed by atoms with van der Waals surface area (Å²) in [6, 6.07) is 0. The average molecular weight is 266 g/mol. The number of hydrogen-bond acceptors (Lipinski definition) is 3. The fourth-order valence-corrected chi connectivity index (χ4v) is 3.04. The van der Waals surface area contributed by atoms with E-state index in [0.29, 0.717) is 4.32 Å². The summed E-state index contributed by atoms with van der Waals surface area (Å²) in [5, 5.41) is 0. The third-order valence-corrected chi connectivity index (χ3v) is 4.14. The van der Waals surface area contributed by atoms with Crippen LogP contribution >= 0.6 is 12.2 Å². The van der Waals surface area contributed by atoms with Crippen LogP contribution in [0.4, 0.5) is 0 Å². The smallest absolute Gasteiger partial charge is 0.411 e. The van der Waals surface area contributed by atoms with Gasteiger partial charge in [0.05, 0.1) is 0 Å². The molecule has 0 aromatic carbocycles. The molecule has 2 aliphatic rings. The van der Waals surface area contributed by atoms with Gasteiger partial charge in [-0.05, 0) is 18.8 Å². The molecule has 0 aromatic heterocycles. The van der Waals surface area contributed by atoms with Crippen LogP contribution in [-0.2, 0) is 12.6 Å². The molecule has 0 spiro atoms. The normalized spacial score (nSPS) is 23.1. The second kappa shape index (κ2) is 7.49. The van der Waals surface area contributed by atoms with Crippen molar-refractivity contribution in [2.45, 2.75) is 25.7 Å². The van der Waals surface area contributed by atoms with Gasteiger partial charge in [0.2, 0.25) is 0 Å². The summed E-state index contributed by atoms with van der Waals surface area (Å²) in [6.45, 7) is 5.67. The first kappa shape index (κ1) is 15.1. The second-order valence-electron chi connectivity index (χ2n) is 4.70. The van der Waals surface area contributed by atoms with Crippen molar-refractivity contribution in [1.82, 2.24) is 9.80 Å². The molecule has 0 N–H and O–H groups in total. The van der Waals surface area contributed by atoms with Gasteiger partial charge in [-0.2, -0.15) is 0 Å². The van der Waals surface area contributed by atoms with E-state index < -0.39 is 0 Å². The molecule has 86 valence electrons. The van der Waals surface area contributed by atoms with Crippen molar-refractivity contribution < 1.29 is 29.6 Å². The molecule has 0 aromatic rings. The molecule has 0 bridgehead atoms. The molecule has 2 nitrogen and oxygen atoms in total. The molecule has 1 saturated heterocycles. The van der Waals surface area contributed by atoms with Crippen LogP contribution in [0.1, 0.15) is 25.7 Å². The van der Waals surface area contributed by atoms with Gasteiger partial charge in [0.1, 0.15) is 0 Å². The van der Waals surface area contributed by atoms with Crippen LogP contribution in [0.3, 0.4) is 0 Å². The Morgan fingerprint density at radius 2 is 1.69 bits per heavy atom. The van der Waals surface area contributed by atoms with Crippen molar-refractivity contribution in [3.8, 4) is 0 Å². The first-order chi connectivity index (χ1) is 7.25. The minimum absolute atomic E-state index is 0. The van der Waals surface area contributed by atoms with Gasteiger partial charge in [0.25, 0.3) is 0 Å². The summed E-state index contributed by atoms with van der Waals surface area (Å²) in [4.78, 5) is 4.73. The van der Waals surface area contributed by atoms with Crippen molar-refractivity contribution in [3.05, 3.63) is 0 Å². The Labute approximate surface area is 132 Å². The second-order valence-corrected chi connectivity index (χ2v) is 5.74. The molecule has 0 radical (unpaired) electrons. The Kier molecular flexibility index (Phi) is 7.08. The van der Waals surface area contributed by atoms with Crippen LogP contribution in [0.15, 0.2) is 0 Å². The third kappa shape index (κ3) is 4.39. The maximum absolute atomic E-state index is 5.02. The Hall–Kier alpha value is 1.07. The van der Waals surface area contributed by atoms with Gasteiger partial charge in [-0.25, -0.2) is 0 Å². The Morgan fingerprint density at radius 1 is 1.12 bits per heavy atom. The summed E-state index contributed by atoms with van der Waals surface area (Å²) >= 11 is 10.0. The predicted molar refractivity (Wildman–Crippen MR) is 69.9 cm³/mol. The molecule has 2 rings (SSSR count). The van der Waals surface area contributed by atoms with Crippen LogP contribution in [0.2, 0.25) is 0 Å². The number of thiocarbonyl (C=S) groups is 1. The van der Waals surface area contributed by atoms with E-state index in [-0.39, 0.29) is 29.6 Å². The van der Waals surface area contributed by atoms with Gasteiger partial charge >= 0.3 is 29.6 Å². The Bertz CT molecular complexity index is 224. The minimum atomic E-state index is 0. The van der Waals surface area contributed by atoms with Crippen LogP contribution in [0.5, 0.6) is 0 Å². The summed E-state index contributed by atoms with van der Waals surface area (Å²) in [7, 11) is 0. The van der Waals surface area contributed by atoms with Gasteiger partial charge in [-0.3, -0.25) is 4.90 Å². The summed E-state index contributed by atoms with van der Waals surface area (Å²) in [5.41, 5.74) is 0. The number of rotatable bonds is 2. The monoisotopic (exact) mass is 266 g/mol. The third-order valence-electron chi connectivity index (χ3n) is 3.62. The van der Waals surface area contributed by atoms with E-state index in [0.717, 1.165) is 32.1 Å². The number of piperazine rings is 1. The van der Waals surface area contributed by atoms with Crippen molar-refractivity contribution in [1.29, 1.82) is 0 Å². The molecule has 1 aliphatic heterocycles. The first-order valence-corrected chi connectivity index (χ1v) is 6.75. The van der Waals surface area contributed by atoms with Crippen molar-refractivity contribution in [3.63, 3.8) is 0 Å². The fourth-order valence-electron chi connectivity index (χ4n) is 2.67. The molecule has 0 atom stereocenters. The molecule has 1 saturated carbocycles. The standard InChI is InChI=1S/C11H20N2S2.Na/c14-11(15)13-7-5-12(6-8-13)9-10-3-1-2-4-10;/h10H,1-9H2,(H,14,15);/q;+1/p-1. The zero-order chi connectivity index (χ0) is 10.7. The quantitative estimate of drug-likeness (QED) is 0.345. The van der Waals surface area contributed by atoms with Crippen LogP contribution < -0.4 is 29.6 Å². The number of nitrogens with zero attached hydrogens (tertiary/aromatic N) is 2. The van der Waals surface area contributed by atoms with Gasteiger partial charge in [0.15, 0.2) is 0 Å². The van der Waals surface area contributed by atoms with E-state index in [2.05, 4.69) is 9.80 Å². The molecule has 16 heavy (non-hydrogen) atoms. The molecule has 5 heteroatoms. The molecule has 1 aliphatic carbocycles. The van der Waals surface area contributed by atoms with Gasteiger partial charge < -0.3 is 29.7 Å². The SMILES string of the molecule is S=C([S-])N1CCN(CC2CCCC2)CC1.[Na+]. The molecule has 0 amide bonds. The Balaban J connectivity index is 0.00000128. The average Bonchev–Trinajstić information content (AvgIpc) is 2.71. The topological polar surface area (TPSA) is 6.48 Å². The molecular formula is C11H19N2NaS2. The van der Waals surface area contributed by atoms with Crippen molar-refractivity contribution in [2.24, 2.45) is 5.92 Å². The fraction of sp³-hybridized carbons (Fsp3) is 0.909. The zero-order valence-corrected chi connectivity index (χ0v) is 13.8. The molecule has 0 unspecified atom stereocenters. The van der Waals surface area contributed by atoms with Crippen LogP contribution in [0.25, 0.3) is 0 Å². The summed E-state index contributed by atoms with van der Waals surface area (Å²) in [6.07, 6.45) is 5.78. The van der Waals surface area contributed by atoms with E-state index >= 15 is 0 Å². The van der Waals surface area contributed by atoms with Gasteiger partial charge in [-0.1, -0.05) is 17.2 Å². The van der Waals surface area contributed by atoms with E-state index in [4.69, 9.17) is 24.8 Å². The van der Waals surface area contributed by atoms with Crippen molar-refractivity contribution in [2.75, 3.05) is 32.7 Å². The maximum atomic E-state index is 5.02. The van der Waals surface area contributed by atoms with Gasteiger partial charge in [-0.15, -0.1) is 0 Å². The van der Waals surface area contributed by atoms with E-state index in [1.54, 1.807) is 0 Å². The summed E-state index contributed by atoms with van der Waals surface area (Å²) in [5.74, 6) is 0.965. The first-order valence-electron chi connectivity index (χ1n) is 5.94. The minimum Gasteiger partial charge on any atom is -0.411 e.